The summed E-state index contributed by atoms with van der Waals surface area (Å²) in [6.07, 6.45) is 22.9. The van der Waals surface area contributed by atoms with E-state index in [9.17, 15) is 9.59 Å². The number of aromatic nitrogens is 8. The van der Waals surface area contributed by atoms with Gasteiger partial charge in [0.2, 0.25) is 11.3 Å². The van der Waals surface area contributed by atoms with Crippen molar-refractivity contribution in [2.45, 2.75) is 110 Å². The van der Waals surface area contributed by atoms with Crippen molar-refractivity contribution in [2.24, 2.45) is 11.8 Å². The SMILES string of the molecule is CCCc1nnc2c(=O)n(CC3CCCC3)ccn12.CCCc1nnc2c(=O)n(CC3CCCCC3)ccn12. The molecule has 0 saturated heterocycles. The molecule has 0 atom stereocenters. The first-order valence-corrected chi connectivity index (χ1v) is 14.9. The molecule has 10 nitrogen and oxygen atoms in total. The lowest BCUT2D eigenvalue weighted by Gasteiger charge is -2.22. The average Bonchev–Trinajstić information content (AvgIpc) is 3.70. The molecule has 6 rings (SSSR count). The highest BCUT2D eigenvalue weighted by molar-refractivity contribution is 5.35. The quantitative estimate of drug-likeness (QED) is 0.331. The lowest BCUT2D eigenvalue weighted by Crippen LogP contribution is -2.26. The Hall–Kier alpha value is -3.30. The Morgan fingerprint density at radius 1 is 0.615 bits per heavy atom. The molecule has 0 aliphatic heterocycles. The molecule has 0 amide bonds. The van der Waals surface area contributed by atoms with Gasteiger partial charge < -0.3 is 9.13 Å². The van der Waals surface area contributed by atoms with Crippen LogP contribution in [0.25, 0.3) is 11.3 Å². The van der Waals surface area contributed by atoms with Crippen molar-refractivity contribution >= 4 is 11.3 Å². The molecular formula is C29H42N8O2. The Morgan fingerprint density at radius 2 is 1.03 bits per heavy atom. The van der Waals surface area contributed by atoms with E-state index in [0.717, 1.165) is 50.4 Å². The lowest BCUT2D eigenvalue weighted by atomic mass is 9.89. The Balaban J connectivity index is 0.000000158. The van der Waals surface area contributed by atoms with Crippen LogP contribution in [0.3, 0.4) is 0 Å². The number of nitrogens with zero attached hydrogens (tertiary/aromatic N) is 8. The fourth-order valence-electron chi connectivity index (χ4n) is 6.13. The standard InChI is InChI=1S/C15H22N4O.C14H20N4O/c1-2-6-13-16-17-14-15(20)18(9-10-19(13)14)11-12-7-4-3-5-8-12;1-2-5-12-15-16-13-14(19)17(8-9-18(12)13)10-11-6-3-4-7-11/h9-10,12H,2-8,11H2,1H3;8-9,11H,2-7,10H2,1H3. The zero-order chi connectivity index (χ0) is 27.2. The molecule has 0 N–H and O–H groups in total. The second-order valence-electron chi connectivity index (χ2n) is 11.3. The van der Waals surface area contributed by atoms with Crippen LogP contribution in [-0.4, -0.2) is 38.3 Å². The minimum atomic E-state index is -0.00995. The minimum Gasteiger partial charge on any atom is -0.311 e. The second kappa shape index (κ2) is 12.7. The van der Waals surface area contributed by atoms with Gasteiger partial charge in [0.15, 0.2) is 0 Å². The van der Waals surface area contributed by atoms with Gasteiger partial charge in [0.25, 0.3) is 11.1 Å². The summed E-state index contributed by atoms with van der Waals surface area (Å²) in [5.74, 6) is 3.05. The average molecular weight is 535 g/mol. The third kappa shape index (κ3) is 6.15. The smallest absolute Gasteiger partial charge is 0.296 e. The maximum absolute atomic E-state index is 12.5. The highest BCUT2D eigenvalue weighted by Gasteiger charge is 2.18. The molecule has 4 aromatic rings. The third-order valence-corrected chi connectivity index (χ3v) is 8.28. The van der Waals surface area contributed by atoms with Gasteiger partial charge in [-0.3, -0.25) is 18.4 Å². The Morgan fingerprint density at radius 3 is 1.44 bits per heavy atom. The van der Waals surface area contributed by atoms with Crippen molar-refractivity contribution in [1.82, 2.24) is 38.3 Å². The molecule has 2 aliphatic rings. The van der Waals surface area contributed by atoms with Crippen LogP contribution in [0.15, 0.2) is 34.4 Å². The van der Waals surface area contributed by atoms with Crippen molar-refractivity contribution < 1.29 is 0 Å². The summed E-state index contributed by atoms with van der Waals surface area (Å²) in [4.78, 5) is 24.8. The summed E-state index contributed by atoms with van der Waals surface area (Å²) in [6, 6.07) is 0. The molecule has 0 unspecified atom stereocenters. The van der Waals surface area contributed by atoms with Crippen LogP contribution in [0, 0.1) is 11.8 Å². The monoisotopic (exact) mass is 534 g/mol. The van der Waals surface area contributed by atoms with E-state index >= 15 is 0 Å². The first-order valence-electron chi connectivity index (χ1n) is 14.9. The highest BCUT2D eigenvalue weighted by atomic mass is 16.1. The van der Waals surface area contributed by atoms with Crippen LogP contribution < -0.4 is 11.1 Å². The van der Waals surface area contributed by atoms with Gasteiger partial charge in [0.1, 0.15) is 11.6 Å². The minimum absolute atomic E-state index is 0.00655. The van der Waals surface area contributed by atoms with Crippen molar-refractivity contribution in [3.8, 4) is 0 Å². The Labute approximate surface area is 229 Å². The van der Waals surface area contributed by atoms with E-state index in [4.69, 9.17) is 0 Å². The number of hydrogen-bond acceptors (Lipinski definition) is 6. The lowest BCUT2D eigenvalue weighted by molar-refractivity contribution is 0.316. The summed E-state index contributed by atoms with van der Waals surface area (Å²) in [5, 5.41) is 16.4. The van der Waals surface area contributed by atoms with E-state index in [0.29, 0.717) is 23.1 Å². The summed E-state index contributed by atoms with van der Waals surface area (Å²) < 4.78 is 7.28. The van der Waals surface area contributed by atoms with Crippen LogP contribution in [-0.2, 0) is 25.9 Å². The third-order valence-electron chi connectivity index (χ3n) is 8.28. The predicted octanol–water partition coefficient (Wildman–Crippen LogP) is 4.46. The van der Waals surface area contributed by atoms with E-state index in [1.165, 1.54) is 57.8 Å². The molecule has 4 heterocycles. The molecule has 210 valence electrons. The normalized spacial score (nSPS) is 16.7. The zero-order valence-electron chi connectivity index (χ0n) is 23.5. The van der Waals surface area contributed by atoms with E-state index < -0.39 is 0 Å². The van der Waals surface area contributed by atoms with E-state index in [1.807, 2.05) is 38.2 Å². The van der Waals surface area contributed by atoms with Crippen molar-refractivity contribution in [3.63, 3.8) is 0 Å². The molecule has 0 radical (unpaired) electrons. The first kappa shape index (κ1) is 27.3. The highest BCUT2D eigenvalue weighted by Crippen LogP contribution is 2.26. The number of fused-ring (bicyclic) bond motifs is 2. The van der Waals surface area contributed by atoms with Crippen LogP contribution in [0.1, 0.15) is 96.1 Å². The predicted molar refractivity (Wildman–Crippen MR) is 151 cm³/mol. The summed E-state index contributed by atoms with van der Waals surface area (Å²) in [5.41, 5.74) is 0.910. The van der Waals surface area contributed by atoms with Gasteiger partial charge >= 0.3 is 0 Å². The Bertz CT molecular complexity index is 1480. The maximum Gasteiger partial charge on any atom is 0.296 e. The molecule has 2 saturated carbocycles. The van der Waals surface area contributed by atoms with Crippen molar-refractivity contribution in [3.05, 3.63) is 57.1 Å². The van der Waals surface area contributed by atoms with Gasteiger partial charge in [-0.25, -0.2) is 0 Å². The molecule has 39 heavy (non-hydrogen) atoms. The van der Waals surface area contributed by atoms with Gasteiger partial charge in [-0.15, -0.1) is 20.4 Å². The molecule has 2 aliphatic carbocycles. The second-order valence-corrected chi connectivity index (χ2v) is 11.3. The first-order chi connectivity index (χ1) is 19.1. The number of aryl methyl sites for hydroxylation is 2. The van der Waals surface area contributed by atoms with E-state index in [1.54, 1.807) is 4.57 Å². The van der Waals surface area contributed by atoms with Gasteiger partial charge in [-0.2, -0.15) is 0 Å². The topological polar surface area (TPSA) is 104 Å². The molecular weight excluding hydrogens is 492 g/mol. The van der Waals surface area contributed by atoms with Gasteiger partial charge in [-0.05, 0) is 50.4 Å². The largest absolute Gasteiger partial charge is 0.311 e. The number of rotatable bonds is 8. The van der Waals surface area contributed by atoms with Crippen LogP contribution >= 0.6 is 0 Å². The van der Waals surface area contributed by atoms with Crippen LogP contribution in [0.5, 0.6) is 0 Å². The van der Waals surface area contributed by atoms with E-state index in [2.05, 4.69) is 34.2 Å². The Kier molecular flexibility index (Phi) is 8.88. The van der Waals surface area contributed by atoms with Gasteiger partial charge in [0, 0.05) is 50.7 Å². The fourth-order valence-corrected chi connectivity index (χ4v) is 6.13. The van der Waals surface area contributed by atoms with Gasteiger partial charge in [-0.1, -0.05) is 46.0 Å². The molecule has 0 bridgehead atoms. The summed E-state index contributed by atoms with van der Waals surface area (Å²) in [6.45, 7) is 5.85. The molecule has 2 fully saturated rings. The van der Waals surface area contributed by atoms with E-state index in [-0.39, 0.29) is 11.1 Å². The van der Waals surface area contributed by atoms with Crippen LogP contribution in [0.4, 0.5) is 0 Å². The summed E-state index contributed by atoms with van der Waals surface area (Å²) >= 11 is 0. The van der Waals surface area contributed by atoms with Crippen LogP contribution in [0.2, 0.25) is 0 Å². The summed E-state index contributed by atoms with van der Waals surface area (Å²) in [7, 11) is 0. The number of hydrogen-bond donors (Lipinski definition) is 0. The van der Waals surface area contributed by atoms with Crippen molar-refractivity contribution in [1.29, 1.82) is 0 Å². The van der Waals surface area contributed by atoms with Gasteiger partial charge in [0.05, 0.1) is 0 Å². The van der Waals surface area contributed by atoms with Crippen molar-refractivity contribution in [2.75, 3.05) is 0 Å². The molecule has 10 heteroatoms. The fraction of sp³-hybridized carbons (Fsp3) is 0.655. The molecule has 0 aromatic carbocycles. The molecule has 4 aromatic heterocycles. The molecule has 0 spiro atoms. The maximum atomic E-state index is 12.5. The zero-order valence-corrected chi connectivity index (χ0v) is 23.5.